The second kappa shape index (κ2) is 3.79. The zero-order chi connectivity index (χ0) is 11.9. The minimum absolute atomic E-state index is 0.332. The van der Waals surface area contributed by atoms with Gasteiger partial charge in [0.1, 0.15) is 0 Å². The van der Waals surface area contributed by atoms with Crippen LogP contribution in [0.4, 0.5) is 0 Å². The molecule has 0 fully saturated rings. The van der Waals surface area contributed by atoms with Crippen molar-refractivity contribution < 1.29 is 0 Å². The van der Waals surface area contributed by atoms with Crippen LogP contribution in [0.1, 0.15) is 26.5 Å². The Balaban J connectivity index is 2.77. The van der Waals surface area contributed by atoms with E-state index < -0.39 is 0 Å². The summed E-state index contributed by atoms with van der Waals surface area (Å²) in [5, 5.41) is 1.96. The van der Waals surface area contributed by atoms with E-state index >= 15 is 0 Å². The Morgan fingerprint density at radius 3 is 2.56 bits per heavy atom. The molecule has 0 bridgehead atoms. The molecule has 0 aliphatic heterocycles. The number of halogens is 1. The molecule has 0 saturated heterocycles. The largest absolute Gasteiger partial charge is 0.343 e. The monoisotopic (exact) mass is 236 g/mol. The van der Waals surface area contributed by atoms with Gasteiger partial charge in [-0.3, -0.25) is 0 Å². The van der Waals surface area contributed by atoms with Crippen molar-refractivity contribution in [2.24, 2.45) is 5.73 Å². The Hall–Kier alpha value is -0.990. The lowest BCUT2D eigenvalue weighted by atomic mass is 10.0. The number of nitrogens with zero attached hydrogens (tertiary/aromatic N) is 1. The van der Waals surface area contributed by atoms with Gasteiger partial charge < -0.3 is 10.3 Å². The molecule has 2 aromatic rings. The van der Waals surface area contributed by atoms with Gasteiger partial charge in [-0.15, -0.1) is 0 Å². The molecule has 1 aromatic heterocycles. The average Bonchev–Trinajstić information content (AvgIpc) is 2.54. The van der Waals surface area contributed by atoms with Crippen LogP contribution < -0.4 is 5.73 Å². The molecule has 0 saturated carbocycles. The summed E-state index contributed by atoms with van der Waals surface area (Å²) in [6.45, 7) is 7.07. The molecule has 0 unspecified atom stereocenters. The third-order valence-corrected chi connectivity index (χ3v) is 3.08. The van der Waals surface area contributed by atoms with E-state index in [1.807, 2.05) is 32.0 Å². The fourth-order valence-corrected chi connectivity index (χ4v) is 2.27. The number of rotatable bonds is 2. The number of fused-ring (bicyclic) bond motifs is 1. The predicted molar refractivity (Wildman–Crippen MR) is 69.8 cm³/mol. The minimum Gasteiger partial charge on any atom is -0.343 e. The molecule has 86 valence electrons. The Bertz CT molecular complexity index is 520. The standard InChI is InChI=1S/C13H17ClN2/c1-4-16-11-8-10(14)6-5-9(11)7-12(16)13(2,3)15/h5-8H,4,15H2,1-3H3. The van der Waals surface area contributed by atoms with Crippen molar-refractivity contribution in [2.75, 3.05) is 0 Å². The maximum atomic E-state index is 6.18. The SMILES string of the molecule is CCn1c(C(C)(C)N)cc2ccc(Cl)cc21. The van der Waals surface area contributed by atoms with Gasteiger partial charge in [-0.25, -0.2) is 0 Å². The maximum absolute atomic E-state index is 6.18. The van der Waals surface area contributed by atoms with Crippen LogP contribution in [0.2, 0.25) is 5.02 Å². The van der Waals surface area contributed by atoms with Crippen molar-refractivity contribution in [1.29, 1.82) is 0 Å². The molecule has 2 N–H and O–H groups in total. The molecule has 1 aromatic carbocycles. The number of hydrogen-bond donors (Lipinski definition) is 1. The number of aromatic nitrogens is 1. The smallest absolute Gasteiger partial charge is 0.0506 e. The Morgan fingerprint density at radius 2 is 2.00 bits per heavy atom. The summed E-state index contributed by atoms with van der Waals surface area (Å²) in [6, 6.07) is 8.10. The molecule has 0 spiro atoms. The highest BCUT2D eigenvalue weighted by Gasteiger charge is 2.20. The fourth-order valence-electron chi connectivity index (χ4n) is 2.10. The first-order valence-corrected chi connectivity index (χ1v) is 5.89. The van der Waals surface area contributed by atoms with Crippen LogP contribution >= 0.6 is 11.6 Å². The summed E-state index contributed by atoms with van der Waals surface area (Å²) < 4.78 is 2.22. The van der Waals surface area contributed by atoms with Gasteiger partial charge in [0.05, 0.1) is 5.54 Å². The normalized spacial score (nSPS) is 12.3. The van der Waals surface area contributed by atoms with E-state index in [2.05, 4.69) is 17.6 Å². The van der Waals surface area contributed by atoms with Crippen molar-refractivity contribution in [3.63, 3.8) is 0 Å². The number of nitrogens with two attached hydrogens (primary N) is 1. The summed E-state index contributed by atoms with van der Waals surface area (Å²) in [5.74, 6) is 0. The second-order valence-electron chi connectivity index (χ2n) is 4.70. The number of aryl methyl sites for hydroxylation is 1. The Kier molecular flexibility index (Phi) is 2.72. The quantitative estimate of drug-likeness (QED) is 0.850. The molecule has 0 aliphatic rings. The van der Waals surface area contributed by atoms with Crippen molar-refractivity contribution in [3.8, 4) is 0 Å². The van der Waals surface area contributed by atoms with Gasteiger partial charge in [0.2, 0.25) is 0 Å². The van der Waals surface area contributed by atoms with Gasteiger partial charge >= 0.3 is 0 Å². The second-order valence-corrected chi connectivity index (χ2v) is 5.14. The first-order chi connectivity index (χ1) is 7.43. The number of benzene rings is 1. The van der Waals surface area contributed by atoms with E-state index in [1.165, 1.54) is 5.39 Å². The van der Waals surface area contributed by atoms with E-state index in [1.54, 1.807) is 0 Å². The van der Waals surface area contributed by atoms with E-state index in [-0.39, 0.29) is 5.54 Å². The van der Waals surface area contributed by atoms with Gasteiger partial charge in [0.25, 0.3) is 0 Å². The van der Waals surface area contributed by atoms with Crippen LogP contribution in [-0.4, -0.2) is 4.57 Å². The lowest BCUT2D eigenvalue weighted by molar-refractivity contribution is 0.504. The van der Waals surface area contributed by atoms with Crippen LogP contribution in [0.3, 0.4) is 0 Å². The van der Waals surface area contributed by atoms with Gasteiger partial charge in [-0.1, -0.05) is 17.7 Å². The first-order valence-electron chi connectivity index (χ1n) is 5.51. The molecular formula is C13H17ClN2. The van der Waals surface area contributed by atoms with Crippen molar-refractivity contribution in [3.05, 3.63) is 35.0 Å². The summed E-state index contributed by atoms with van der Waals surface area (Å²) in [6.07, 6.45) is 0. The van der Waals surface area contributed by atoms with E-state index in [0.29, 0.717) is 0 Å². The van der Waals surface area contributed by atoms with Gasteiger partial charge in [-0.05, 0) is 39.0 Å². The Labute approximate surface area is 101 Å². The van der Waals surface area contributed by atoms with Crippen LogP contribution in [0.25, 0.3) is 10.9 Å². The highest BCUT2D eigenvalue weighted by molar-refractivity contribution is 6.31. The zero-order valence-corrected chi connectivity index (χ0v) is 10.7. The van der Waals surface area contributed by atoms with E-state index in [4.69, 9.17) is 17.3 Å². The summed E-state index contributed by atoms with van der Waals surface area (Å²) in [5.41, 5.74) is 8.15. The van der Waals surface area contributed by atoms with E-state index in [0.717, 1.165) is 22.8 Å². The average molecular weight is 237 g/mol. The molecule has 0 atom stereocenters. The molecule has 2 rings (SSSR count). The molecule has 1 heterocycles. The topological polar surface area (TPSA) is 30.9 Å². The van der Waals surface area contributed by atoms with Crippen LogP contribution in [-0.2, 0) is 12.1 Å². The van der Waals surface area contributed by atoms with Gasteiger partial charge in [0, 0.05) is 28.2 Å². The summed E-state index contributed by atoms with van der Waals surface area (Å²) >= 11 is 6.03. The minimum atomic E-state index is -0.332. The van der Waals surface area contributed by atoms with Crippen molar-refractivity contribution in [1.82, 2.24) is 4.57 Å². The molecule has 3 heteroatoms. The predicted octanol–water partition coefficient (Wildman–Crippen LogP) is 3.51. The third kappa shape index (κ3) is 1.83. The maximum Gasteiger partial charge on any atom is 0.0506 e. The van der Waals surface area contributed by atoms with E-state index in [9.17, 15) is 0 Å². The molecular weight excluding hydrogens is 220 g/mol. The lowest BCUT2D eigenvalue weighted by Crippen LogP contribution is -2.31. The summed E-state index contributed by atoms with van der Waals surface area (Å²) in [7, 11) is 0. The van der Waals surface area contributed by atoms with Crippen LogP contribution in [0.15, 0.2) is 24.3 Å². The molecule has 0 aliphatic carbocycles. The zero-order valence-electron chi connectivity index (χ0n) is 9.92. The first kappa shape index (κ1) is 11.5. The molecule has 0 radical (unpaired) electrons. The lowest BCUT2D eigenvalue weighted by Gasteiger charge is -2.21. The van der Waals surface area contributed by atoms with Gasteiger partial charge in [-0.2, -0.15) is 0 Å². The Morgan fingerprint density at radius 1 is 1.31 bits per heavy atom. The molecule has 2 nitrogen and oxygen atoms in total. The third-order valence-electron chi connectivity index (χ3n) is 2.84. The van der Waals surface area contributed by atoms with Crippen molar-refractivity contribution in [2.45, 2.75) is 32.9 Å². The molecule has 0 amide bonds. The fraction of sp³-hybridized carbons (Fsp3) is 0.385. The van der Waals surface area contributed by atoms with Gasteiger partial charge in [0.15, 0.2) is 0 Å². The highest BCUT2D eigenvalue weighted by atomic mass is 35.5. The highest BCUT2D eigenvalue weighted by Crippen LogP contribution is 2.28. The number of hydrogen-bond acceptors (Lipinski definition) is 1. The van der Waals surface area contributed by atoms with Crippen molar-refractivity contribution >= 4 is 22.5 Å². The summed E-state index contributed by atoms with van der Waals surface area (Å²) in [4.78, 5) is 0. The molecule has 16 heavy (non-hydrogen) atoms. The van der Waals surface area contributed by atoms with Crippen LogP contribution in [0, 0.1) is 0 Å². The van der Waals surface area contributed by atoms with Crippen LogP contribution in [0.5, 0.6) is 0 Å².